The molecule has 19 heavy (non-hydrogen) atoms. The molecule has 0 saturated carbocycles. The summed E-state index contributed by atoms with van der Waals surface area (Å²) in [6, 6.07) is 0.983. The van der Waals surface area contributed by atoms with Gasteiger partial charge in [0.15, 0.2) is 0 Å². The van der Waals surface area contributed by atoms with Crippen molar-refractivity contribution in [1.82, 2.24) is 15.5 Å². The van der Waals surface area contributed by atoms with Gasteiger partial charge in [-0.15, -0.1) is 0 Å². The molecule has 110 valence electrons. The zero-order chi connectivity index (χ0) is 13.7. The van der Waals surface area contributed by atoms with Crippen LogP contribution in [0.2, 0.25) is 0 Å². The summed E-state index contributed by atoms with van der Waals surface area (Å²) < 4.78 is 0. The molecule has 4 nitrogen and oxygen atoms in total. The van der Waals surface area contributed by atoms with E-state index in [9.17, 15) is 4.79 Å². The molecule has 0 aromatic rings. The zero-order valence-electron chi connectivity index (χ0n) is 12.5. The van der Waals surface area contributed by atoms with Crippen LogP contribution in [0.5, 0.6) is 0 Å². The first-order chi connectivity index (χ1) is 9.15. The maximum atomic E-state index is 11.7. The molecule has 2 aliphatic rings. The van der Waals surface area contributed by atoms with Gasteiger partial charge in [-0.2, -0.15) is 0 Å². The summed E-state index contributed by atoms with van der Waals surface area (Å²) in [6.45, 7) is 8.48. The third-order valence-corrected chi connectivity index (χ3v) is 4.31. The van der Waals surface area contributed by atoms with Crippen molar-refractivity contribution in [2.45, 2.75) is 58.0 Å². The molecule has 0 aromatic carbocycles. The largest absolute Gasteiger partial charge is 0.354 e. The SMILES string of the molecule is CC(C)NC(=O)CCN1CCCC(C2CCCN2)C1. The summed E-state index contributed by atoms with van der Waals surface area (Å²) in [4.78, 5) is 14.2. The number of hydrogen-bond donors (Lipinski definition) is 2. The number of nitrogens with zero attached hydrogens (tertiary/aromatic N) is 1. The highest BCUT2D eigenvalue weighted by molar-refractivity contribution is 5.76. The van der Waals surface area contributed by atoms with Gasteiger partial charge in [-0.3, -0.25) is 4.79 Å². The first-order valence-electron chi connectivity index (χ1n) is 7.90. The topological polar surface area (TPSA) is 44.4 Å². The van der Waals surface area contributed by atoms with Gasteiger partial charge in [0, 0.05) is 31.6 Å². The number of carbonyl (C=O) groups is 1. The summed E-state index contributed by atoms with van der Waals surface area (Å²) in [5.74, 6) is 0.987. The van der Waals surface area contributed by atoms with Crippen molar-refractivity contribution in [3.05, 3.63) is 0 Å². The number of hydrogen-bond acceptors (Lipinski definition) is 3. The van der Waals surface area contributed by atoms with Crippen molar-refractivity contribution in [3.63, 3.8) is 0 Å². The third kappa shape index (κ3) is 4.77. The molecule has 2 heterocycles. The standard InChI is InChI=1S/C15H29N3O/c1-12(2)17-15(19)7-10-18-9-4-5-13(11-18)14-6-3-8-16-14/h12-14,16H,3-11H2,1-2H3,(H,17,19). The van der Waals surface area contributed by atoms with E-state index in [-0.39, 0.29) is 11.9 Å². The number of nitrogens with one attached hydrogen (secondary N) is 2. The first-order valence-corrected chi connectivity index (χ1v) is 7.90. The molecule has 1 amide bonds. The number of amides is 1. The summed E-state index contributed by atoms with van der Waals surface area (Å²) in [6.07, 6.45) is 5.95. The van der Waals surface area contributed by atoms with Crippen LogP contribution in [-0.2, 0) is 4.79 Å². The molecule has 0 aromatic heterocycles. The molecule has 4 heteroatoms. The minimum atomic E-state index is 0.191. The fourth-order valence-electron chi connectivity index (χ4n) is 3.39. The second-order valence-corrected chi connectivity index (χ2v) is 6.38. The summed E-state index contributed by atoms with van der Waals surface area (Å²) in [5, 5.41) is 6.60. The lowest BCUT2D eigenvalue weighted by Gasteiger charge is -2.35. The predicted octanol–water partition coefficient (Wildman–Crippen LogP) is 1.37. The summed E-state index contributed by atoms with van der Waals surface area (Å²) >= 11 is 0. The lowest BCUT2D eigenvalue weighted by Crippen LogP contribution is -2.44. The van der Waals surface area contributed by atoms with Crippen LogP contribution in [0.3, 0.4) is 0 Å². The summed E-state index contributed by atoms with van der Waals surface area (Å²) in [7, 11) is 0. The maximum Gasteiger partial charge on any atom is 0.221 e. The van der Waals surface area contributed by atoms with Crippen LogP contribution in [0.4, 0.5) is 0 Å². The van der Waals surface area contributed by atoms with Gasteiger partial charge >= 0.3 is 0 Å². The molecule has 0 spiro atoms. The van der Waals surface area contributed by atoms with Crippen molar-refractivity contribution in [2.75, 3.05) is 26.2 Å². The highest BCUT2D eigenvalue weighted by atomic mass is 16.1. The monoisotopic (exact) mass is 267 g/mol. The number of carbonyl (C=O) groups excluding carboxylic acids is 1. The van der Waals surface area contributed by atoms with Gasteiger partial charge in [0.25, 0.3) is 0 Å². The Kier molecular flexibility index (Phi) is 5.64. The fourth-order valence-corrected chi connectivity index (χ4v) is 3.39. The maximum absolute atomic E-state index is 11.7. The summed E-state index contributed by atoms with van der Waals surface area (Å²) in [5.41, 5.74) is 0. The van der Waals surface area contributed by atoms with Crippen molar-refractivity contribution in [3.8, 4) is 0 Å². The molecule has 0 aliphatic carbocycles. The van der Waals surface area contributed by atoms with Crippen LogP contribution in [0, 0.1) is 5.92 Å². The smallest absolute Gasteiger partial charge is 0.221 e. The van der Waals surface area contributed by atoms with Gasteiger partial charge in [-0.1, -0.05) is 0 Å². The minimum Gasteiger partial charge on any atom is -0.354 e. The average Bonchev–Trinajstić information content (AvgIpc) is 2.90. The Morgan fingerprint density at radius 2 is 2.21 bits per heavy atom. The van der Waals surface area contributed by atoms with Gasteiger partial charge in [0.2, 0.25) is 5.91 Å². The van der Waals surface area contributed by atoms with Gasteiger partial charge in [-0.25, -0.2) is 0 Å². The highest BCUT2D eigenvalue weighted by Gasteiger charge is 2.28. The van der Waals surface area contributed by atoms with Crippen LogP contribution in [0.1, 0.15) is 46.0 Å². The van der Waals surface area contributed by atoms with E-state index in [0.717, 1.165) is 25.0 Å². The third-order valence-electron chi connectivity index (χ3n) is 4.31. The molecule has 2 fully saturated rings. The first kappa shape index (κ1) is 14.8. The van der Waals surface area contributed by atoms with Crippen LogP contribution >= 0.6 is 0 Å². The molecule has 0 radical (unpaired) electrons. The van der Waals surface area contributed by atoms with Crippen molar-refractivity contribution in [1.29, 1.82) is 0 Å². The normalized spacial score (nSPS) is 28.8. The van der Waals surface area contributed by atoms with E-state index in [1.165, 1.54) is 38.8 Å². The fraction of sp³-hybridized carbons (Fsp3) is 0.933. The predicted molar refractivity (Wildman–Crippen MR) is 78.1 cm³/mol. The number of rotatable bonds is 5. The van der Waals surface area contributed by atoms with E-state index in [2.05, 4.69) is 15.5 Å². The molecule has 2 N–H and O–H groups in total. The molecule has 2 atom stereocenters. The van der Waals surface area contributed by atoms with E-state index < -0.39 is 0 Å². The Hall–Kier alpha value is -0.610. The number of piperidine rings is 1. The minimum absolute atomic E-state index is 0.191. The molecular weight excluding hydrogens is 238 g/mol. The van der Waals surface area contributed by atoms with E-state index in [0.29, 0.717) is 6.42 Å². The van der Waals surface area contributed by atoms with Crippen LogP contribution in [-0.4, -0.2) is 49.1 Å². The Labute approximate surface area is 117 Å². The van der Waals surface area contributed by atoms with Crippen molar-refractivity contribution < 1.29 is 4.79 Å². The Morgan fingerprint density at radius 3 is 2.89 bits per heavy atom. The van der Waals surface area contributed by atoms with Crippen LogP contribution in [0.15, 0.2) is 0 Å². The Bertz CT molecular complexity index is 287. The Balaban J connectivity index is 1.70. The van der Waals surface area contributed by atoms with Crippen molar-refractivity contribution >= 4 is 5.91 Å². The van der Waals surface area contributed by atoms with Gasteiger partial charge in [-0.05, 0) is 58.5 Å². The quantitative estimate of drug-likeness (QED) is 0.790. The molecule has 0 bridgehead atoms. The number of likely N-dealkylation sites (tertiary alicyclic amines) is 1. The van der Waals surface area contributed by atoms with Crippen molar-refractivity contribution in [2.24, 2.45) is 5.92 Å². The van der Waals surface area contributed by atoms with Gasteiger partial charge in [0.1, 0.15) is 0 Å². The van der Waals surface area contributed by atoms with Gasteiger partial charge in [0.05, 0.1) is 0 Å². The molecule has 2 unspecified atom stereocenters. The van der Waals surface area contributed by atoms with E-state index in [4.69, 9.17) is 0 Å². The van der Waals surface area contributed by atoms with Gasteiger partial charge < -0.3 is 15.5 Å². The second kappa shape index (κ2) is 7.25. The highest BCUT2D eigenvalue weighted by Crippen LogP contribution is 2.24. The lowest BCUT2D eigenvalue weighted by atomic mass is 9.90. The zero-order valence-corrected chi connectivity index (χ0v) is 12.5. The van der Waals surface area contributed by atoms with E-state index in [1.807, 2.05) is 13.8 Å². The van der Waals surface area contributed by atoms with Crippen LogP contribution < -0.4 is 10.6 Å². The Morgan fingerprint density at radius 1 is 1.37 bits per heavy atom. The molecular formula is C15H29N3O. The van der Waals surface area contributed by atoms with Crippen LogP contribution in [0.25, 0.3) is 0 Å². The lowest BCUT2D eigenvalue weighted by molar-refractivity contribution is -0.122. The van der Waals surface area contributed by atoms with E-state index >= 15 is 0 Å². The van der Waals surface area contributed by atoms with E-state index in [1.54, 1.807) is 0 Å². The average molecular weight is 267 g/mol. The second-order valence-electron chi connectivity index (χ2n) is 6.38. The molecule has 2 rings (SSSR count). The molecule has 2 aliphatic heterocycles. The molecule has 2 saturated heterocycles.